The lowest BCUT2D eigenvalue weighted by Gasteiger charge is -2.14. The average molecular weight is 444 g/mol. The summed E-state index contributed by atoms with van der Waals surface area (Å²) in [7, 11) is -3.93. The van der Waals surface area contributed by atoms with Crippen LogP contribution in [0.25, 0.3) is 0 Å². The van der Waals surface area contributed by atoms with Crippen molar-refractivity contribution in [2.45, 2.75) is 31.1 Å². The van der Waals surface area contributed by atoms with Crippen LogP contribution in [0, 0.1) is 6.92 Å². The number of fused-ring (bicyclic) bond motifs is 1. The number of carbonyl (C=O) groups is 2. The maximum Gasteiger partial charge on any atom is 0.285 e. The van der Waals surface area contributed by atoms with E-state index in [9.17, 15) is 18.0 Å². The number of carbonyl (C=O) groups excluding carboxylic acids is 2. The molecule has 0 aromatic heterocycles. The van der Waals surface area contributed by atoms with Crippen molar-refractivity contribution in [3.8, 4) is 0 Å². The van der Waals surface area contributed by atoms with Gasteiger partial charge >= 0.3 is 0 Å². The summed E-state index contributed by atoms with van der Waals surface area (Å²) in [5, 5.41) is 5.49. The van der Waals surface area contributed by atoms with E-state index in [1.54, 1.807) is 36.4 Å². The van der Waals surface area contributed by atoms with Crippen molar-refractivity contribution in [3.05, 3.63) is 65.2 Å². The Hall–Kier alpha value is -3.20. The number of ether oxygens (including phenoxy) is 1. The SMILES string of the molecule is Cc1ccc(S(=O)(=O)/N=C2\CCNC(=O)c3ccccc3C(=O)NCCCCO2)cc1. The van der Waals surface area contributed by atoms with Gasteiger partial charge in [0, 0.05) is 19.5 Å². The Morgan fingerprint density at radius 1 is 0.871 bits per heavy atom. The Kier molecular flexibility index (Phi) is 7.41. The highest BCUT2D eigenvalue weighted by molar-refractivity contribution is 7.90. The third-order valence-corrected chi connectivity index (χ3v) is 6.02. The van der Waals surface area contributed by atoms with Gasteiger partial charge in [-0.25, -0.2) is 0 Å². The van der Waals surface area contributed by atoms with Gasteiger partial charge in [0.05, 0.1) is 22.6 Å². The molecule has 0 saturated carbocycles. The van der Waals surface area contributed by atoms with Crippen molar-refractivity contribution in [1.29, 1.82) is 0 Å². The maximum atomic E-state index is 12.6. The summed E-state index contributed by atoms with van der Waals surface area (Å²) < 4.78 is 34.8. The highest BCUT2D eigenvalue weighted by Crippen LogP contribution is 2.15. The van der Waals surface area contributed by atoms with E-state index in [2.05, 4.69) is 15.0 Å². The van der Waals surface area contributed by atoms with E-state index in [0.717, 1.165) is 5.56 Å². The minimum absolute atomic E-state index is 0.0373. The fraction of sp³-hybridized carbons (Fsp3) is 0.318. The molecule has 0 radical (unpaired) electrons. The lowest BCUT2D eigenvalue weighted by molar-refractivity contribution is 0.0918. The number of amides is 2. The number of sulfonamides is 1. The third kappa shape index (κ3) is 6.14. The summed E-state index contributed by atoms with van der Waals surface area (Å²) in [6, 6.07) is 12.9. The molecule has 1 heterocycles. The van der Waals surface area contributed by atoms with Crippen LogP contribution in [-0.2, 0) is 14.8 Å². The Balaban J connectivity index is 1.80. The predicted octanol–water partition coefficient (Wildman–Crippen LogP) is 2.44. The first-order valence-electron chi connectivity index (χ1n) is 10.1. The number of nitrogens with zero attached hydrogens (tertiary/aromatic N) is 1. The molecule has 2 aromatic carbocycles. The molecule has 0 saturated heterocycles. The number of rotatable bonds is 2. The molecule has 0 bridgehead atoms. The Labute approximate surface area is 181 Å². The van der Waals surface area contributed by atoms with Gasteiger partial charge in [0.25, 0.3) is 21.8 Å². The van der Waals surface area contributed by atoms with Gasteiger partial charge in [-0.15, -0.1) is 4.40 Å². The van der Waals surface area contributed by atoms with Crippen molar-refractivity contribution in [1.82, 2.24) is 10.6 Å². The van der Waals surface area contributed by atoms with Gasteiger partial charge in [0.1, 0.15) is 0 Å². The van der Waals surface area contributed by atoms with Gasteiger partial charge in [-0.1, -0.05) is 29.8 Å². The number of hydrogen-bond acceptors (Lipinski definition) is 5. The molecule has 0 aliphatic carbocycles. The zero-order chi connectivity index (χ0) is 22.3. The molecule has 0 fully saturated rings. The second kappa shape index (κ2) is 10.2. The van der Waals surface area contributed by atoms with Crippen LogP contribution < -0.4 is 10.6 Å². The third-order valence-electron chi connectivity index (χ3n) is 4.71. The summed E-state index contributed by atoms with van der Waals surface area (Å²) in [5.41, 5.74) is 1.49. The first-order chi connectivity index (χ1) is 14.9. The van der Waals surface area contributed by atoms with E-state index < -0.39 is 15.9 Å². The molecule has 0 atom stereocenters. The zero-order valence-electron chi connectivity index (χ0n) is 17.3. The largest absolute Gasteiger partial charge is 0.480 e. The standard InChI is InChI=1S/C22H25N3O5S/c1-16-8-10-17(11-9-16)31(28,29)25-20-12-14-24-22(27)19-7-3-2-6-18(19)21(26)23-13-4-5-15-30-20/h2-3,6-11H,4-5,12-15H2,1H3,(H,23,26)(H,24,27)/b25-20+. The van der Waals surface area contributed by atoms with Gasteiger partial charge in [-0.3, -0.25) is 9.59 Å². The zero-order valence-corrected chi connectivity index (χ0v) is 18.1. The van der Waals surface area contributed by atoms with Gasteiger partial charge in [0.2, 0.25) is 5.90 Å². The van der Waals surface area contributed by atoms with Gasteiger partial charge in [-0.2, -0.15) is 8.42 Å². The molecule has 0 spiro atoms. The average Bonchev–Trinajstić information content (AvgIpc) is 2.75. The topological polar surface area (TPSA) is 114 Å². The molecular formula is C22H25N3O5S. The van der Waals surface area contributed by atoms with Crippen LogP contribution in [0.4, 0.5) is 0 Å². The van der Waals surface area contributed by atoms with E-state index in [1.165, 1.54) is 12.1 Å². The molecule has 2 aromatic rings. The number of aryl methyl sites for hydroxylation is 1. The number of nitrogens with one attached hydrogen (secondary N) is 2. The maximum absolute atomic E-state index is 12.6. The van der Waals surface area contributed by atoms with Crippen molar-refractivity contribution < 1.29 is 22.7 Å². The molecular weight excluding hydrogens is 418 g/mol. The first-order valence-corrected chi connectivity index (χ1v) is 11.5. The summed E-state index contributed by atoms with van der Waals surface area (Å²) in [4.78, 5) is 25.0. The van der Waals surface area contributed by atoms with Crippen molar-refractivity contribution in [3.63, 3.8) is 0 Å². The summed E-state index contributed by atoms with van der Waals surface area (Å²) in [6.07, 6.45) is 1.35. The molecule has 2 amide bonds. The van der Waals surface area contributed by atoms with E-state index in [1.807, 2.05) is 6.92 Å². The number of benzene rings is 2. The summed E-state index contributed by atoms with van der Waals surface area (Å²) in [6.45, 7) is 2.64. The quantitative estimate of drug-likeness (QED) is 0.740. The lowest BCUT2D eigenvalue weighted by atomic mass is 10.1. The minimum Gasteiger partial charge on any atom is -0.480 e. The van der Waals surface area contributed by atoms with Crippen LogP contribution in [0.1, 0.15) is 45.5 Å². The molecule has 31 heavy (non-hydrogen) atoms. The van der Waals surface area contributed by atoms with Gasteiger partial charge < -0.3 is 15.4 Å². The van der Waals surface area contributed by atoms with E-state index >= 15 is 0 Å². The molecule has 164 valence electrons. The van der Waals surface area contributed by atoms with Crippen molar-refractivity contribution in [2.75, 3.05) is 19.7 Å². The minimum atomic E-state index is -3.93. The second-order valence-electron chi connectivity index (χ2n) is 7.14. The first kappa shape index (κ1) is 22.5. The van der Waals surface area contributed by atoms with Gasteiger partial charge in [0.15, 0.2) is 0 Å². The van der Waals surface area contributed by atoms with Crippen LogP contribution in [0.3, 0.4) is 0 Å². The molecule has 8 nitrogen and oxygen atoms in total. The van der Waals surface area contributed by atoms with E-state index in [4.69, 9.17) is 4.74 Å². The fourth-order valence-electron chi connectivity index (χ4n) is 3.01. The van der Waals surface area contributed by atoms with Crippen LogP contribution in [-0.4, -0.2) is 45.8 Å². The van der Waals surface area contributed by atoms with Crippen LogP contribution in [0.15, 0.2) is 57.8 Å². The second-order valence-corrected chi connectivity index (χ2v) is 8.74. The summed E-state index contributed by atoms with van der Waals surface area (Å²) in [5.74, 6) is -0.700. The van der Waals surface area contributed by atoms with Crippen LogP contribution >= 0.6 is 0 Å². The van der Waals surface area contributed by atoms with Gasteiger partial charge in [-0.05, 0) is 44.0 Å². The Bertz CT molecular complexity index is 1080. The Morgan fingerprint density at radius 3 is 2.13 bits per heavy atom. The molecule has 0 unspecified atom stereocenters. The van der Waals surface area contributed by atoms with E-state index in [-0.39, 0.29) is 41.8 Å². The molecule has 1 aliphatic rings. The number of hydrogen-bond donors (Lipinski definition) is 2. The molecule has 2 N–H and O–H groups in total. The normalized spacial score (nSPS) is 17.6. The van der Waals surface area contributed by atoms with Crippen molar-refractivity contribution >= 4 is 27.7 Å². The Morgan fingerprint density at radius 2 is 1.48 bits per heavy atom. The molecule has 1 aliphatic heterocycles. The predicted molar refractivity (Wildman–Crippen MR) is 117 cm³/mol. The van der Waals surface area contributed by atoms with Crippen molar-refractivity contribution in [2.24, 2.45) is 4.40 Å². The fourth-order valence-corrected chi connectivity index (χ4v) is 4.01. The summed E-state index contributed by atoms with van der Waals surface area (Å²) >= 11 is 0. The lowest BCUT2D eigenvalue weighted by Crippen LogP contribution is -2.32. The monoisotopic (exact) mass is 443 g/mol. The molecule has 9 heteroatoms. The molecule has 3 rings (SSSR count). The highest BCUT2D eigenvalue weighted by atomic mass is 32.2. The van der Waals surface area contributed by atoms with Crippen LogP contribution in [0.5, 0.6) is 0 Å². The van der Waals surface area contributed by atoms with Crippen LogP contribution in [0.2, 0.25) is 0 Å². The smallest absolute Gasteiger partial charge is 0.285 e. The highest BCUT2D eigenvalue weighted by Gasteiger charge is 2.18. The van der Waals surface area contributed by atoms with E-state index in [0.29, 0.717) is 24.9 Å².